The van der Waals surface area contributed by atoms with E-state index < -0.39 is 5.97 Å². The van der Waals surface area contributed by atoms with E-state index in [1.54, 1.807) is 0 Å². The lowest BCUT2D eigenvalue weighted by Crippen LogP contribution is -2.33. The van der Waals surface area contributed by atoms with Crippen LogP contribution in [-0.2, 0) is 29.1 Å². The van der Waals surface area contributed by atoms with Crippen molar-refractivity contribution >= 4 is 11.8 Å². The number of carbonyl (C=O) groups excluding carboxylic acids is 1. The molecule has 0 spiro atoms. The van der Waals surface area contributed by atoms with Gasteiger partial charge < -0.3 is 5.11 Å². The van der Waals surface area contributed by atoms with Crippen molar-refractivity contribution in [3.8, 4) is 0 Å². The van der Waals surface area contributed by atoms with Gasteiger partial charge in [0.2, 0.25) is 0 Å². The van der Waals surface area contributed by atoms with E-state index >= 15 is 0 Å². The summed E-state index contributed by atoms with van der Waals surface area (Å²) in [6.45, 7) is 1.62. The van der Waals surface area contributed by atoms with E-state index in [2.05, 4.69) is 29.2 Å². The van der Waals surface area contributed by atoms with Crippen LogP contribution in [0.4, 0.5) is 0 Å². The Morgan fingerprint density at radius 2 is 1.16 bits per heavy atom. The first-order chi connectivity index (χ1) is 15.1. The molecule has 0 saturated carbocycles. The van der Waals surface area contributed by atoms with Crippen molar-refractivity contribution in [1.29, 1.82) is 0 Å². The van der Waals surface area contributed by atoms with Crippen molar-refractivity contribution in [2.24, 2.45) is 5.92 Å². The summed E-state index contributed by atoms with van der Waals surface area (Å²) < 4.78 is 0. The minimum Gasteiger partial charge on any atom is -0.481 e. The summed E-state index contributed by atoms with van der Waals surface area (Å²) in [5.41, 5.74) is 3.36. The van der Waals surface area contributed by atoms with E-state index in [1.165, 1.54) is 0 Å². The molecule has 4 nitrogen and oxygen atoms in total. The van der Waals surface area contributed by atoms with Crippen molar-refractivity contribution in [2.75, 3.05) is 6.54 Å². The first-order valence-electron chi connectivity index (χ1n) is 10.7. The van der Waals surface area contributed by atoms with Crippen LogP contribution in [0.15, 0.2) is 91.0 Å². The highest BCUT2D eigenvalue weighted by Gasteiger charge is 2.23. The molecule has 1 unspecified atom stereocenters. The maximum Gasteiger partial charge on any atom is 0.303 e. The Hall–Kier alpha value is -3.24. The van der Waals surface area contributed by atoms with E-state index in [4.69, 9.17) is 5.11 Å². The molecule has 0 bridgehead atoms. The van der Waals surface area contributed by atoms with Gasteiger partial charge in [-0.15, -0.1) is 0 Å². The zero-order valence-corrected chi connectivity index (χ0v) is 17.7. The Balaban J connectivity index is 1.74. The molecule has 0 aromatic heterocycles. The summed E-state index contributed by atoms with van der Waals surface area (Å²) >= 11 is 0. The van der Waals surface area contributed by atoms with Gasteiger partial charge in [-0.3, -0.25) is 14.5 Å². The van der Waals surface area contributed by atoms with Gasteiger partial charge in [-0.2, -0.15) is 0 Å². The van der Waals surface area contributed by atoms with Crippen molar-refractivity contribution in [1.82, 2.24) is 4.90 Å². The SMILES string of the molecule is O=C(O)CCC(Cc1ccccc1)C(=O)CN(Cc1ccccc1)Cc1ccccc1. The van der Waals surface area contributed by atoms with Gasteiger partial charge in [-0.05, 0) is 29.5 Å². The zero-order chi connectivity index (χ0) is 21.9. The largest absolute Gasteiger partial charge is 0.481 e. The van der Waals surface area contributed by atoms with Crippen LogP contribution in [0, 0.1) is 5.92 Å². The van der Waals surface area contributed by atoms with Gasteiger partial charge in [-0.1, -0.05) is 91.0 Å². The molecule has 0 aliphatic rings. The Morgan fingerprint density at radius 3 is 1.61 bits per heavy atom. The summed E-state index contributed by atoms with van der Waals surface area (Å²) in [6.07, 6.45) is 0.922. The molecule has 1 atom stereocenters. The highest BCUT2D eigenvalue weighted by Crippen LogP contribution is 2.18. The molecule has 0 radical (unpaired) electrons. The molecule has 160 valence electrons. The number of rotatable bonds is 12. The Kier molecular flexibility index (Phi) is 8.56. The average Bonchev–Trinajstić information content (AvgIpc) is 2.78. The smallest absolute Gasteiger partial charge is 0.303 e. The zero-order valence-electron chi connectivity index (χ0n) is 17.7. The summed E-state index contributed by atoms with van der Waals surface area (Å²) in [5.74, 6) is -1.08. The van der Waals surface area contributed by atoms with E-state index in [1.807, 2.05) is 66.7 Å². The number of Topliss-reactive ketones (excluding diaryl/α,β-unsaturated/α-hetero) is 1. The number of ketones is 1. The first-order valence-corrected chi connectivity index (χ1v) is 10.7. The molecule has 3 aromatic rings. The van der Waals surface area contributed by atoms with Crippen LogP contribution >= 0.6 is 0 Å². The normalized spacial score (nSPS) is 11.9. The Morgan fingerprint density at radius 1 is 0.710 bits per heavy atom. The van der Waals surface area contributed by atoms with Crippen molar-refractivity contribution in [3.05, 3.63) is 108 Å². The highest BCUT2D eigenvalue weighted by molar-refractivity contribution is 5.83. The van der Waals surface area contributed by atoms with Crippen molar-refractivity contribution in [3.63, 3.8) is 0 Å². The number of aliphatic carboxylic acids is 1. The third kappa shape index (κ3) is 7.83. The van der Waals surface area contributed by atoms with Gasteiger partial charge in [0, 0.05) is 25.4 Å². The maximum absolute atomic E-state index is 13.3. The van der Waals surface area contributed by atoms with Gasteiger partial charge in [0.15, 0.2) is 0 Å². The average molecular weight is 416 g/mol. The molecule has 0 heterocycles. The van der Waals surface area contributed by atoms with Crippen molar-refractivity contribution in [2.45, 2.75) is 32.4 Å². The molecule has 3 aromatic carbocycles. The van der Waals surface area contributed by atoms with Crippen LogP contribution in [0.1, 0.15) is 29.5 Å². The third-order valence-electron chi connectivity index (χ3n) is 5.36. The lowest BCUT2D eigenvalue weighted by atomic mass is 9.90. The van der Waals surface area contributed by atoms with Crippen molar-refractivity contribution < 1.29 is 14.7 Å². The standard InChI is InChI=1S/C27H29NO3/c29-26(25(16-17-27(30)31)18-22-10-4-1-5-11-22)21-28(19-23-12-6-2-7-13-23)20-24-14-8-3-9-15-24/h1-15,25H,16-21H2,(H,30,31). The number of hydrogen-bond acceptors (Lipinski definition) is 3. The molecule has 0 aliphatic carbocycles. The molecule has 4 heteroatoms. The second-order valence-corrected chi connectivity index (χ2v) is 7.90. The number of hydrogen-bond donors (Lipinski definition) is 1. The third-order valence-corrected chi connectivity index (χ3v) is 5.36. The highest BCUT2D eigenvalue weighted by atomic mass is 16.4. The van der Waals surface area contributed by atoms with E-state index in [-0.39, 0.29) is 18.1 Å². The molecule has 0 aliphatic heterocycles. The number of nitrogens with zero attached hydrogens (tertiary/aromatic N) is 1. The Labute approximate surface area is 184 Å². The molecular formula is C27H29NO3. The number of carboxylic acids is 1. The topological polar surface area (TPSA) is 57.6 Å². The molecule has 0 fully saturated rings. The van der Waals surface area contributed by atoms with E-state index in [0.717, 1.165) is 16.7 Å². The monoisotopic (exact) mass is 415 g/mol. The number of benzene rings is 3. The predicted molar refractivity (Wildman–Crippen MR) is 123 cm³/mol. The van der Waals surface area contributed by atoms with Crippen LogP contribution in [-0.4, -0.2) is 28.3 Å². The van der Waals surface area contributed by atoms with E-state index in [9.17, 15) is 9.59 Å². The van der Waals surface area contributed by atoms with Gasteiger partial charge in [0.1, 0.15) is 5.78 Å². The first kappa shape index (κ1) is 22.4. The van der Waals surface area contributed by atoms with Gasteiger partial charge in [0.05, 0.1) is 6.54 Å². The lowest BCUT2D eigenvalue weighted by molar-refractivity contribution is -0.137. The van der Waals surface area contributed by atoms with Gasteiger partial charge in [-0.25, -0.2) is 0 Å². The molecule has 1 N–H and O–H groups in total. The summed E-state index contributed by atoms with van der Waals surface area (Å²) in [5, 5.41) is 9.16. The van der Waals surface area contributed by atoms with Crippen LogP contribution < -0.4 is 0 Å². The molecule has 31 heavy (non-hydrogen) atoms. The summed E-state index contributed by atoms with van der Waals surface area (Å²) in [4.78, 5) is 26.6. The minimum atomic E-state index is -0.865. The van der Waals surface area contributed by atoms with Gasteiger partial charge in [0.25, 0.3) is 0 Å². The quantitative estimate of drug-likeness (QED) is 0.453. The molecule has 3 rings (SSSR count). The Bertz CT molecular complexity index is 900. The van der Waals surface area contributed by atoms with Crippen LogP contribution in [0.5, 0.6) is 0 Å². The van der Waals surface area contributed by atoms with Gasteiger partial charge >= 0.3 is 5.97 Å². The fourth-order valence-corrected chi connectivity index (χ4v) is 3.77. The molecule has 0 saturated heterocycles. The predicted octanol–water partition coefficient (Wildman–Crippen LogP) is 4.98. The van der Waals surface area contributed by atoms with Crippen LogP contribution in [0.3, 0.4) is 0 Å². The number of carboxylic acid groups (broad SMARTS) is 1. The summed E-state index contributed by atoms with van der Waals surface area (Å²) in [7, 11) is 0. The van der Waals surface area contributed by atoms with E-state index in [0.29, 0.717) is 32.5 Å². The fourth-order valence-electron chi connectivity index (χ4n) is 3.77. The second-order valence-electron chi connectivity index (χ2n) is 7.90. The molecular weight excluding hydrogens is 386 g/mol. The van der Waals surface area contributed by atoms with Crippen LogP contribution in [0.2, 0.25) is 0 Å². The minimum absolute atomic E-state index is 0.000606. The molecule has 0 amide bonds. The maximum atomic E-state index is 13.3. The fraction of sp³-hybridized carbons (Fsp3) is 0.259. The lowest BCUT2D eigenvalue weighted by Gasteiger charge is -2.25. The van der Waals surface area contributed by atoms with Crippen LogP contribution in [0.25, 0.3) is 0 Å². The number of carbonyl (C=O) groups is 2. The second kappa shape index (κ2) is 11.8. The summed E-state index contributed by atoms with van der Waals surface area (Å²) in [6, 6.07) is 30.1.